The fourth-order valence-electron chi connectivity index (χ4n) is 2.29. The van der Waals surface area contributed by atoms with Crippen molar-refractivity contribution < 1.29 is 0 Å². The largest absolute Gasteiger partial charge is 0.316 e. The molecule has 2 heteroatoms. The van der Waals surface area contributed by atoms with Gasteiger partial charge in [-0.05, 0) is 30.2 Å². The third-order valence-electron chi connectivity index (χ3n) is 3.14. The monoisotopic (exact) mass is 209 g/mol. The molecule has 76 valence electrons. The topological polar surface area (TPSA) is 12.0 Å². The summed E-state index contributed by atoms with van der Waals surface area (Å²) in [6, 6.07) is 8.27. The lowest BCUT2D eigenvalue weighted by Gasteiger charge is -2.17. The molecule has 1 fully saturated rings. The first kappa shape index (κ1) is 10.0. The first-order chi connectivity index (χ1) is 6.81. The van der Waals surface area contributed by atoms with Gasteiger partial charge >= 0.3 is 0 Å². The molecule has 2 atom stereocenters. The van der Waals surface area contributed by atoms with Crippen LogP contribution >= 0.6 is 11.6 Å². The van der Waals surface area contributed by atoms with Gasteiger partial charge in [-0.15, -0.1) is 0 Å². The molecule has 0 spiro atoms. The highest BCUT2D eigenvalue weighted by atomic mass is 35.5. The molecule has 1 N–H and O–H groups in total. The second-order valence-corrected chi connectivity index (χ2v) is 4.42. The van der Waals surface area contributed by atoms with E-state index in [0.717, 1.165) is 24.0 Å². The minimum absolute atomic E-state index is 0.652. The van der Waals surface area contributed by atoms with Crippen molar-refractivity contribution >= 4 is 11.6 Å². The molecular weight excluding hydrogens is 194 g/mol. The fraction of sp³-hybridized carbons (Fsp3) is 0.500. The first-order valence-electron chi connectivity index (χ1n) is 5.27. The summed E-state index contributed by atoms with van der Waals surface area (Å²) in [7, 11) is 0. The Hall–Kier alpha value is -0.530. The second kappa shape index (κ2) is 4.33. The summed E-state index contributed by atoms with van der Waals surface area (Å²) in [5.74, 6) is 1.42. The SMILES string of the molecule is CC[C@H]1CNC[C@H]1c1cccc(Cl)c1. The standard InChI is InChI=1S/C12H16ClN/c1-2-9-7-14-8-12(9)10-4-3-5-11(13)6-10/h3-6,9,12,14H,2,7-8H2,1H3/t9-,12+/m0/s1. The van der Waals surface area contributed by atoms with Gasteiger partial charge in [-0.2, -0.15) is 0 Å². The fourth-order valence-corrected chi connectivity index (χ4v) is 2.49. The lowest BCUT2D eigenvalue weighted by atomic mass is 9.87. The van der Waals surface area contributed by atoms with Gasteiger partial charge in [0.05, 0.1) is 0 Å². The zero-order valence-electron chi connectivity index (χ0n) is 8.46. The van der Waals surface area contributed by atoms with Gasteiger partial charge in [0.2, 0.25) is 0 Å². The Balaban J connectivity index is 2.21. The first-order valence-corrected chi connectivity index (χ1v) is 5.65. The lowest BCUT2D eigenvalue weighted by Crippen LogP contribution is -2.09. The maximum absolute atomic E-state index is 5.99. The minimum Gasteiger partial charge on any atom is -0.316 e. The third kappa shape index (κ3) is 1.94. The maximum Gasteiger partial charge on any atom is 0.0408 e. The van der Waals surface area contributed by atoms with Crippen LogP contribution in [0.1, 0.15) is 24.8 Å². The molecule has 0 bridgehead atoms. The zero-order valence-corrected chi connectivity index (χ0v) is 9.22. The van der Waals surface area contributed by atoms with Crippen LogP contribution in [0.2, 0.25) is 5.02 Å². The van der Waals surface area contributed by atoms with Gasteiger partial charge in [0.1, 0.15) is 0 Å². The summed E-state index contributed by atoms with van der Waals surface area (Å²) in [6.07, 6.45) is 1.24. The van der Waals surface area contributed by atoms with E-state index in [2.05, 4.69) is 24.4 Å². The highest BCUT2D eigenvalue weighted by molar-refractivity contribution is 6.30. The summed E-state index contributed by atoms with van der Waals surface area (Å²) < 4.78 is 0. The predicted octanol–water partition coefficient (Wildman–Crippen LogP) is 3.05. The summed E-state index contributed by atoms with van der Waals surface area (Å²) in [6.45, 7) is 4.50. The van der Waals surface area contributed by atoms with Crippen molar-refractivity contribution in [3.8, 4) is 0 Å². The Morgan fingerprint density at radius 1 is 1.43 bits per heavy atom. The van der Waals surface area contributed by atoms with E-state index < -0.39 is 0 Å². The van der Waals surface area contributed by atoms with Crippen molar-refractivity contribution in [2.24, 2.45) is 5.92 Å². The van der Waals surface area contributed by atoms with Crippen LogP contribution in [-0.4, -0.2) is 13.1 Å². The number of hydrogen-bond donors (Lipinski definition) is 1. The highest BCUT2D eigenvalue weighted by Crippen LogP contribution is 2.31. The number of benzene rings is 1. The molecule has 1 aliphatic heterocycles. The van der Waals surface area contributed by atoms with E-state index in [-0.39, 0.29) is 0 Å². The van der Waals surface area contributed by atoms with E-state index in [1.807, 2.05) is 12.1 Å². The van der Waals surface area contributed by atoms with E-state index in [1.54, 1.807) is 0 Å². The van der Waals surface area contributed by atoms with Gasteiger partial charge in [0, 0.05) is 17.5 Å². The third-order valence-corrected chi connectivity index (χ3v) is 3.38. The summed E-state index contributed by atoms with van der Waals surface area (Å²) >= 11 is 5.99. The average molecular weight is 210 g/mol. The van der Waals surface area contributed by atoms with Crippen LogP contribution in [0.3, 0.4) is 0 Å². The maximum atomic E-state index is 5.99. The number of nitrogens with one attached hydrogen (secondary N) is 1. The molecule has 1 aliphatic rings. The molecule has 1 aromatic rings. The van der Waals surface area contributed by atoms with E-state index in [1.165, 1.54) is 12.0 Å². The van der Waals surface area contributed by atoms with Gasteiger partial charge in [-0.1, -0.05) is 37.1 Å². The van der Waals surface area contributed by atoms with E-state index in [0.29, 0.717) is 5.92 Å². The van der Waals surface area contributed by atoms with Crippen LogP contribution in [0, 0.1) is 5.92 Å². The smallest absolute Gasteiger partial charge is 0.0408 e. The molecule has 0 unspecified atom stereocenters. The Bertz CT molecular complexity index is 311. The van der Waals surface area contributed by atoms with E-state index >= 15 is 0 Å². The molecule has 14 heavy (non-hydrogen) atoms. The van der Waals surface area contributed by atoms with Gasteiger partial charge in [-0.25, -0.2) is 0 Å². The highest BCUT2D eigenvalue weighted by Gasteiger charge is 2.26. The van der Waals surface area contributed by atoms with Crippen LogP contribution in [0.25, 0.3) is 0 Å². The molecule has 0 amide bonds. The molecule has 0 aliphatic carbocycles. The van der Waals surface area contributed by atoms with Gasteiger partial charge in [0.25, 0.3) is 0 Å². The van der Waals surface area contributed by atoms with Crippen molar-refractivity contribution in [2.75, 3.05) is 13.1 Å². The Kier molecular flexibility index (Phi) is 3.09. The number of rotatable bonds is 2. The molecule has 1 nitrogen and oxygen atoms in total. The van der Waals surface area contributed by atoms with Crippen LogP contribution in [0.15, 0.2) is 24.3 Å². The van der Waals surface area contributed by atoms with Crippen molar-refractivity contribution in [2.45, 2.75) is 19.3 Å². The molecule has 0 aromatic heterocycles. The van der Waals surface area contributed by atoms with Crippen LogP contribution in [0.4, 0.5) is 0 Å². The summed E-state index contributed by atoms with van der Waals surface area (Å²) in [4.78, 5) is 0. The molecule has 0 saturated carbocycles. The van der Waals surface area contributed by atoms with Crippen molar-refractivity contribution in [3.05, 3.63) is 34.9 Å². The van der Waals surface area contributed by atoms with E-state index in [9.17, 15) is 0 Å². The van der Waals surface area contributed by atoms with Crippen molar-refractivity contribution in [1.29, 1.82) is 0 Å². The van der Waals surface area contributed by atoms with Gasteiger partial charge in [0.15, 0.2) is 0 Å². The number of halogens is 1. The quantitative estimate of drug-likeness (QED) is 0.790. The van der Waals surface area contributed by atoms with Gasteiger partial charge in [-0.3, -0.25) is 0 Å². The Morgan fingerprint density at radius 3 is 3.00 bits per heavy atom. The molecule has 1 heterocycles. The molecule has 1 saturated heterocycles. The Morgan fingerprint density at radius 2 is 2.29 bits per heavy atom. The minimum atomic E-state index is 0.652. The Labute approximate surface area is 90.5 Å². The average Bonchev–Trinajstić information content (AvgIpc) is 2.65. The van der Waals surface area contributed by atoms with E-state index in [4.69, 9.17) is 11.6 Å². The number of hydrogen-bond acceptors (Lipinski definition) is 1. The second-order valence-electron chi connectivity index (χ2n) is 3.99. The summed E-state index contributed by atoms with van der Waals surface area (Å²) in [5, 5.41) is 4.30. The van der Waals surface area contributed by atoms with Crippen molar-refractivity contribution in [3.63, 3.8) is 0 Å². The van der Waals surface area contributed by atoms with Gasteiger partial charge < -0.3 is 5.32 Å². The molecule has 2 rings (SSSR count). The normalized spacial score (nSPS) is 26.7. The zero-order chi connectivity index (χ0) is 9.97. The molecule has 0 radical (unpaired) electrons. The molecular formula is C12H16ClN. The van der Waals surface area contributed by atoms with Crippen LogP contribution in [0.5, 0.6) is 0 Å². The summed E-state index contributed by atoms with van der Waals surface area (Å²) in [5.41, 5.74) is 1.38. The molecule has 1 aromatic carbocycles. The predicted molar refractivity (Wildman–Crippen MR) is 60.8 cm³/mol. The van der Waals surface area contributed by atoms with Crippen LogP contribution < -0.4 is 5.32 Å². The van der Waals surface area contributed by atoms with Crippen LogP contribution in [-0.2, 0) is 0 Å². The van der Waals surface area contributed by atoms with Crippen molar-refractivity contribution in [1.82, 2.24) is 5.32 Å². The lowest BCUT2D eigenvalue weighted by molar-refractivity contribution is 0.503.